The number of aromatic nitrogens is 2. The first-order valence-electron chi connectivity index (χ1n) is 5.69. The summed E-state index contributed by atoms with van der Waals surface area (Å²) in [6, 6.07) is 0. The maximum absolute atomic E-state index is 11.9. The van der Waals surface area contributed by atoms with Crippen molar-refractivity contribution in [2.75, 3.05) is 12.3 Å². The Hall–Kier alpha value is -2.28. The number of hydrogen-bond acceptors (Lipinski definition) is 5. The number of nitrogens with zero attached hydrogens (tertiary/aromatic N) is 2. The Morgan fingerprint density at radius 3 is 2.95 bits per heavy atom. The zero-order valence-electron chi connectivity index (χ0n) is 10.2. The smallest absolute Gasteiger partial charge is 0.352 e. The van der Waals surface area contributed by atoms with Crippen LogP contribution in [0.25, 0.3) is 0 Å². The zero-order chi connectivity index (χ0) is 14.0. The summed E-state index contributed by atoms with van der Waals surface area (Å²) in [7, 11) is 0. The van der Waals surface area contributed by atoms with E-state index >= 15 is 0 Å². The van der Waals surface area contributed by atoms with Crippen molar-refractivity contribution in [3.63, 3.8) is 0 Å². The molecule has 98 valence electrons. The highest BCUT2D eigenvalue weighted by Crippen LogP contribution is 2.33. The average Bonchev–Trinajstić information content (AvgIpc) is 2.83. The maximum Gasteiger partial charge on any atom is 0.352 e. The molecular weight excluding hydrogens is 246 g/mol. The van der Waals surface area contributed by atoms with Crippen LogP contribution in [0.2, 0.25) is 0 Å². The van der Waals surface area contributed by atoms with Gasteiger partial charge in [0, 0.05) is 12.6 Å². The van der Waals surface area contributed by atoms with Gasteiger partial charge in [-0.15, -0.1) is 12.8 Å². The Balaban J connectivity index is 2.55. The van der Waals surface area contributed by atoms with E-state index in [0.29, 0.717) is 12.8 Å². The van der Waals surface area contributed by atoms with E-state index in [2.05, 4.69) is 16.8 Å². The second-order valence-electron chi connectivity index (χ2n) is 4.23. The molecule has 19 heavy (non-hydrogen) atoms. The molecule has 0 spiro atoms. The van der Waals surface area contributed by atoms with Crippen molar-refractivity contribution in [2.45, 2.75) is 24.7 Å². The van der Waals surface area contributed by atoms with Gasteiger partial charge in [0.15, 0.2) is 0 Å². The molecule has 3 N–H and O–H groups in total. The molecule has 0 saturated carbocycles. The van der Waals surface area contributed by atoms with E-state index in [4.69, 9.17) is 28.4 Å². The topological polar surface area (TPSA) is 90.4 Å². The van der Waals surface area contributed by atoms with Gasteiger partial charge in [0.25, 0.3) is 0 Å². The second-order valence-corrected chi connectivity index (χ2v) is 4.23. The fourth-order valence-corrected chi connectivity index (χ4v) is 2.07. The second kappa shape index (κ2) is 4.77. The zero-order valence-corrected chi connectivity index (χ0v) is 10.2. The summed E-state index contributed by atoms with van der Waals surface area (Å²) in [4.78, 5) is 15.6. The molecule has 2 atom stereocenters. The molecule has 0 bridgehead atoms. The predicted molar refractivity (Wildman–Crippen MR) is 68.8 cm³/mol. The van der Waals surface area contributed by atoms with E-state index in [1.165, 1.54) is 6.20 Å². The minimum Gasteiger partial charge on any atom is -0.394 e. The molecule has 2 heterocycles. The van der Waals surface area contributed by atoms with Crippen LogP contribution in [0.3, 0.4) is 0 Å². The number of hydrogen-bond donors (Lipinski definition) is 2. The molecule has 2 rings (SSSR count). The molecule has 2 unspecified atom stereocenters. The highest BCUT2D eigenvalue weighted by molar-refractivity contribution is 5.48. The number of aliphatic hydroxyl groups is 1. The van der Waals surface area contributed by atoms with E-state index < -0.39 is 17.5 Å². The van der Waals surface area contributed by atoms with Crippen LogP contribution in [0.1, 0.15) is 18.4 Å². The van der Waals surface area contributed by atoms with E-state index in [0.717, 1.165) is 4.57 Å². The van der Waals surface area contributed by atoms with Crippen LogP contribution in [0, 0.1) is 24.7 Å². The minimum absolute atomic E-state index is 0.0207. The normalized spacial score (nSPS) is 25.7. The van der Waals surface area contributed by atoms with Gasteiger partial charge in [-0.25, -0.2) is 4.79 Å². The van der Waals surface area contributed by atoms with Gasteiger partial charge in [-0.3, -0.25) is 4.57 Å². The van der Waals surface area contributed by atoms with E-state index in [1.807, 2.05) is 0 Å². The molecule has 1 aliphatic rings. The van der Waals surface area contributed by atoms with Crippen molar-refractivity contribution in [1.82, 2.24) is 9.55 Å². The SMILES string of the molecule is C#Cc1cn(C2(C#C)CCC(CO)O2)c(=O)nc1N. The minimum atomic E-state index is -1.27. The number of aliphatic hydroxyl groups excluding tert-OH is 1. The molecule has 0 aliphatic carbocycles. The summed E-state index contributed by atoms with van der Waals surface area (Å²) in [6.45, 7) is -0.164. The molecule has 1 saturated heterocycles. The van der Waals surface area contributed by atoms with Crippen LogP contribution in [-0.4, -0.2) is 27.4 Å². The summed E-state index contributed by atoms with van der Waals surface area (Å²) in [6.07, 6.45) is 12.7. The first-order chi connectivity index (χ1) is 9.06. The van der Waals surface area contributed by atoms with Crippen molar-refractivity contribution < 1.29 is 9.84 Å². The lowest BCUT2D eigenvalue weighted by atomic mass is 10.1. The molecule has 1 aromatic rings. The summed E-state index contributed by atoms with van der Waals surface area (Å²) in [5.41, 5.74) is 3.91. The molecule has 0 aromatic carbocycles. The fraction of sp³-hybridized carbons (Fsp3) is 0.385. The van der Waals surface area contributed by atoms with Crippen LogP contribution in [0.4, 0.5) is 5.82 Å². The van der Waals surface area contributed by atoms with Gasteiger partial charge in [-0.2, -0.15) is 4.98 Å². The molecule has 1 aliphatic heterocycles. The molecule has 1 aromatic heterocycles. The van der Waals surface area contributed by atoms with Gasteiger partial charge in [0.2, 0.25) is 5.72 Å². The summed E-state index contributed by atoms with van der Waals surface area (Å²) in [5, 5.41) is 9.11. The Morgan fingerprint density at radius 2 is 2.42 bits per heavy atom. The molecule has 6 nitrogen and oxygen atoms in total. The number of rotatable bonds is 2. The highest BCUT2D eigenvalue weighted by atomic mass is 16.5. The Kier molecular flexibility index (Phi) is 3.30. The van der Waals surface area contributed by atoms with Crippen molar-refractivity contribution in [2.24, 2.45) is 0 Å². The van der Waals surface area contributed by atoms with Gasteiger partial charge in [-0.05, 0) is 12.3 Å². The van der Waals surface area contributed by atoms with Crippen molar-refractivity contribution in [3.05, 3.63) is 22.2 Å². The third kappa shape index (κ3) is 2.08. The van der Waals surface area contributed by atoms with Crippen LogP contribution >= 0.6 is 0 Å². The van der Waals surface area contributed by atoms with Crippen molar-refractivity contribution in [3.8, 4) is 24.7 Å². The number of nitrogen functional groups attached to an aromatic ring is 1. The summed E-state index contributed by atoms with van der Waals surface area (Å²) in [5.74, 6) is 4.76. The van der Waals surface area contributed by atoms with E-state index in [9.17, 15) is 4.79 Å². The van der Waals surface area contributed by atoms with Gasteiger partial charge < -0.3 is 15.6 Å². The van der Waals surface area contributed by atoms with Crippen LogP contribution in [0.15, 0.2) is 11.0 Å². The number of nitrogens with two attached hydrogens (primary N) is 1. The summed E-state index contributed by atoms with van der Waals surface area (Å²) >= 11 is 0. The Bertz CT molecular complexity index is 638. The summed E-state index contributed by atoms with van der Waals surface area (Å²) < 4.78 is 6.74. The highest BCUT2D eigenvalue weighted by Gasteiger charge is 2.41. The monoisotopic (exact) mass is 259 g/mol. The lowest BCUT2D eigenvalue weighted by Gasteiger charge is -2.25. The third-order valence-electron chi connectivity index (χ3n) is 3.10. The predicted octanol–water partition coefficient (Wildman–Crippen LogP) is -0.736. The molecule has 1 fully saturated rings. The van der Waals surface area contributed by atoms with Crippen LogP contribution < -0.4 is 11.4 Å². The van der Waals surface area contributed by atoms with Gasteiger partial charge in [0.05, 0.1) is 18.3 Å². The average molecular weight is 259 g/mol. The van der Waals surface area contributed by atoms with Crippen molar-refractivity contribution >= 4 is 5.82 Å². The van der Waals surface area contributed by atoms with Crippen molar-refractivity contribution in [1.29, 1.82) is 0 Å². The number of ether oxygens (including phenoxy) is 1. The first kappa shape index (κ1) is 13.2. The third-order valence-corrected chi connectivity index (χ3v) is 3.10. The number of anilines is 1. The molecular formula is C13H13N3O3. The van der Waals surface area contributed by atoms with Gasteiger partial charge in [-0.1, -0.05) is 5.92 Å². The van der Waals surface area contributed by atoms with E-state index in [1.54, 1.807) is 0 Å². The standard InChI is InChI=1S/C13H13N3O3/c1-3-9-7-16(12(18)15-11(9)14)13(4-2)6-5-10(8-17)19-13/h1-2,7,10,17H,5-6,8H2,(H2,14,15,18). The quantitative estimate of drug-likeness (QED) is 0.683. The van der Waals surface area contributed by atoms with E-state index in [-0.39, 0.29) is 18.0 Å². The fourth-order valence-electron chi connectivity index (χ4n) is 2.07. The van der Waals surface area contributed by atoms with Crippen LogP contribution in [0.5, 0.6) is 0 Å². The molecule has 6 heteroatoms. The van der Waals surface area contributed by atoms with Gasteiger partial charge >= 0.3 is 5.69 Å². The largest absolute Gasteiger partial charge is 0.394 e. The first-order valence-corrected chi connectivity index (χ1v) is 5.69. The van der Waals surface area contributed by atoms with Crippen LogP contribution in [-0.2, 0) is 10.5 Å². The molecule has 0 radical (unpaired) electrons. The lowest BCUT2D eigenvalue weighted by molar-refractivity contribution is -0.0725. The maximum atomic E-state index is 11.9. The van der Waals surface area contributed by atoms with Gasteiger partial charge in [0.1, 0.15) is 5.82 Å². The number of terminal acetylenes is 2. The Morgan fingerprint density at radius 1 is 1.68 bits per heavy atom. The lowest BCUT2D eigenvalue weighted by Crippen LogP contribution is -2.42. The Labute approximate surface area is 110 Å². The molecule has 0 amide bonds.